The zero-order valence-electron chi connectivity index (χ0n) is 14.9. The van der Waals surface area contributed by atoms with Crippen LogP contribution in [0.3, 0.4) is 0 Å². The van der Waals surface area contributed by atoms with Crippen molar-refractivity contribution in [2.75, 3.05) is 12.3 Å². The third-order valence-electron chi connectivity index (χ3n) is 3.21. The van der Waals surface area contributed by atoms with Crippen LogP contribution in [0.25, 0.3) is 10.9 Å². The Morgan fingerprint density at radius 2 is 2.12 bits per heavy atom. The quantitative estimate of drug-likeness (QED) is 0.820. The molecule has 0 bridgehead atoms. The van der Waals surface area contributed by atoms with Crippen molar-refractivity contribution in [2.24, 2.45) is 7.05 Å². The molecule has 0 radical (unpaired) electrons. The van der Waals surface area contributed by atoms with Gasteiger partial charge in [-0.3, -0.25) is 4.68 Å². The third kappa shape index (κ3) is 5.13. The number of nitrogen functional groups attached to an aromatic ring is 1. The summed E-state index contributed by atoms with van der Waals surface area (Å²) in [6.07, 6.45) is 1.47. The highest BCUT2D eigenvalue weighted by molar-refractivity contribution is 5.89. The number of hydrogen-bond acceptors (Lipinski definition) is 5. The molecule has 24 heavy (non-hydrogen) atoms. The molecule has 2 aromatic rings. The van der Waals surface area contributed by atoms with Gasteiger partial charge in [-0.05, 0) is 45.4 Å². The predicted octanol–water partition coefficient (Wildman–Crippen LogP) is 2.59. The number of nitrogens with one attached hydrogen (secondary N) is 1. The van der Waals surface area contributed by atoms with Crippen LogP contribution in [0.4, 0.5) is 10.5 Å². The van der Waals surface area contributed by atoms with E-state index in [2.05, 4.69) is 10.4 Å². The lowest BCUT2D eigenvalue weighted by atomic mass is 10.1. The van der Waals surface area contributed by atoms with Crippen LogP contribution >= 0.6 is 0 Å². The molecule has 2 rings (SSSR count). The van der Waals surface area contributed by atoms with E-state index in [0.717, 1.165) is 16.5 Å². The highest BCUT2D eigenvalue weighted by Gasteiger charge is 2.17. The number of nitrogens with zero attached hydrogens (tertiary/aromatic N) is 2. The van der Waals surface area contributed by atoms with Crippen molar-refractivity contribution in [3.05, 3.63) is 23.9 Å². The lowest BCUT2D eigenvalue weighted by Crippen LogP contribution is -2.39. The van der Waals surface area contributed by atoms with Crippen LogP contribution in [0, 0.1) is 0 Å². The van der Waals surface area contributed by atoms with Gasteiger partial charge in [-0.1, -0.05) is 0 Å². The Bertz CT molecular complexity index is 718. The molecule has 1 aromatic heterocycles. The minimum atomic E-state index is -0.513. The number of rotatable bonds is 5. The Kier molecular flexibility index (Phi) is 5.33. The van der Waals surface area contributed by atoms with Crippen LogP contribution < -0.4 is 11.1 Å². The number of alkyl carbamates (subject to hydrolysis) is 1. The van der Waals surface area contributed by atoms with Crippen molar-refractivity contribution in [2.45, 2.75) is 45.9 Å². The van der Waals surface area contributed by atoms with Crippen molar-refractivity contribution in [3.63, 3.8) is 0 Å². The Morgan fingerprint density at radius 3 is 2.79 bits per heavy atom. The fourth-order valence-electron chi connectivity index (χ4n) is 2.33. The first-order valence-corrected chi connectivity index (χ1v) is 7.93. The number of nitrogens with two attached hydrogens (primary N) is 1. The minimum absolute atomic E-state index is 0.153. The second-order valence-corrected chi connectivity index (χ2v) is 6.99. The fraction of sp³-hybridized carbons (Fsp3) is 0.529. The largest absolute Gasteiger partial charge is 0.444 e. The molecule has 0 unspecified atom stereocenters. The Morgan fingerprint density at radius 1 is 1.42 bits per heavy atom. The van der Waals surface area contributed by atoms with E-state index in [4.69, 9.17) is 15.2 Å². The van der Waals surface area contributed by atoms with E-state index < -0.39 is 11.7 Å². The van der Waals surface area contributed by atoms with Gasteiger partial charge in [0.1, 0.15) is 11.1 Å². The van der Waals surface area contributed by atoms with Gasteiger partial charge >= 0.3 is 6.09 Å². The average molecular weight is 334 g/mol. The van der Waals surface area contributed by atoms with Gasteiger partial charge < -0.3 is 20.5 Å². The molecule has 0 fully saturated rings. The molecule has 0 saturated heterocycles. The van der Waals surface area contributed by atoms with Gasteiger partial charge in [0, 0.05) is 18.6 Å². The van der Waals surface area contributed by atoms with Crippen LogP contribution in [0.5, 0.6) is 0 Å². The Balaban J connectivity index is 1.84. The van der Waals surface area contributed by atoms with Gasteiger partial charge in [0.15, 0.2) is 0 Å². The molecule has 1 amide bonds. The number of anilines is 1. The minimum Gasteiger partial charge on any atom is -0.444 e. The van der Waals surface area contributed by atoms with E-state index in [1.165, 1.54) is 0 Å². The monoisotopic (exact) mass is 334 g/mol. The molecule has 7 heteroatoms. The fourth-order valence-corrected chi connectivity index (χ4v) is 2.33. The molecule has 0 aliphatic rings. The third-order valence-corrected chi connectivity index (χ3v) is 3.21. The second-order valence-electron chi connectivity index (χ2n) is 6.99. The van der Waals surface area contributed by atoms with Crippen LogP contribution in [0.15, 0.2) is 18.3 Å². The smallest absolute Gasteiger partial charge is 0.407 e. The lowest BCUT2D eigenvalue weighted by Gasteiger charge is -2.22. The number of ether oxygens (including phenoxy) is 2. The molecule has 0 aliphatic heterocycles. The molecule has 7 nitrogen and oxygen atoms in total. The van der Waals surface area contributed by atoms with Gasteiger partial charge in [0.25, 0.3) is 0 Å². The number of fused-ring (bicyclic) bond motifs is 1. The average Bonchev–Trinajstić information content (AvgIpc) is 2.77. The van der Waals surface area contributed by atoms with Crippen LogP contribution in [-0.4, -0.2) is 34.1 Å². The standard InChI is InChI=1S/C17H26N4O3/c1-11(19-16(22)24-17(2,3)4)9-23-10-12-6-13-8-21(5)20-15(13)14(18)7-12/h6-8,11H,9-10,18H2,1-5H3,(H,19,22)/t11-/m1/s1. The van der Waals surface area contributed by atoms with Gasteiger partial charge in [-0.15, -0.1) is 0 Å². The van der Waals surface area contributed by atoms with Crippen LogP contribution in [-0.2, 0) is 23.1 Å². The second kappa shape index (κ2) is 7.09. The summed E-state index contributed by atoms with van der Waals surface area (Å²) in [6.45, 7) is 8.13. The molecule has 0 saturated carbocycles. The zero-order valence-corrected chi connectivity index (χ0v) is 14.9. The van der Waals surface area contributed by atoms with E-state index in [9.17, 15) is 4.79 Å². The molecular weight excluding hydrogens is 308 g/mol. The van der Waals surface area contributed by atoms with Crippen molar-refractivity contribution < 1.29 is 14.3 Å². The van der Waals surface area contributed by atoms with Gasteiger partial charge in [0.2, 0.25) is 0 Å². The number of carbonyl (C=O) groups is 1. The van der Waals surface area contributed by atoms with Gasteiger partial charge in [-0.2, -0.15) is 5.10 Å². The van der Waals surface area contributed by atoms with E-state index in [-0.39, 0.29) is 6.04 Å². The molecule has 0 spiro atoms. The summed E-state index contributed by atoms with van der Waals surface area (Å²) in [6, 6.07) is 3.71. The van der Waals surface area contributed by atoms with Crippen molar-refractivity contribution in [1.82, 2.24) is 15.1 Å². The molecule has 132 valence electrons. The molecular formula is C17H26N4O3. The first-order chi connectivity index (χ1) is 11.1. The highest BCUT2D eigenvalue weighted by atomic mass is 16.6. The van der Waals surface area contributed by atoms with E-state index in [0.29, 0.717) is 18.9 Å². The summed E-state index contributed by atoms with van der Waals surface area (Å²) in [5, 5.41) is 8.04. The maximum atomic E-state index is 11.7. The van der Waals surface area contributed by atoms with Crippen LogP contribution in [0.1, 0.15) is 33.3 Å². The van der Waals surface area contributed by atoms with Crippen molar-refractivity contribution >= 4 is 22.7 Å². The summed E-state index contributed by atoms with van der Waals surface area (Å²) >= 11 is 0. The Labute approximate surface area is 142 Å². The van der Waals surface area contributed by atoms with E-state index in [1.54, 1.807) is 4.68 Å². The lowest BCUT2D eigenvalue weighted by molar-refractivity contribution is 0.0442. The molecule has 0 aliphatic carbocycles. The first kappa shape index (κ1) is 18.1. The van der Waals surface area contributed by atoms with E-state index in [1.807, 2.05) is 53.1 Å². The Hall–Kier alpha value is -2.28. The van der Waals surface area contributed by atoms with Crippen LogP contribution in [0.2, 0.25) is 0 Å². The summed E-state index contributed by atoms with van der Waals surface area (Å²) in [4.78, 5) is 11.7. The number of benzene rings is 1. The molecule has 1 aromatic carbocycles. The SMILES string of the molecule is C[C@H](COCc1cc(N)c2nn(C)cc2c1)NC(=O)OC(C)(C)C. The summed E-state index contributed by atoms with van der Waals surface area (Å²) in [5.41, 5.74) is 7.90. The summed E-state index contributed by atoms with van der Waals surface area (Å²) in [7, 11) is 1.86. The predicted molar refractivity (Wildman–Crippen MR) is 93.6 cm³/mol. The topological polar surface area (TPSA) is 91.4 Å². The summed E-state index contributed by atoms with van der Waals surface area (Å²) < 4.78 is 12.6. The number of aryl methyl sites for hydroxylation is 1. The van der Waals surface area contributed by atoms with Gasteiger partial charge in [-0.25, -0.2) is 4.79 Å². The number of hydrogen-bond donors (Lipinski definition) is 2. The highest BCUT2D eigenvalue weighted by Crippen LogP contribution is 2.22. The maximum absolute atomic E-state index is 11.7. The molecule has 3 N–H and O–H groups in total. The first-order valence-electron chi connectivity index (χ1n) is 7.93. The maximum Gasteiger partial charge on any atom is 0.407 e. The normalized spacial score (nSPS) is 13.0. The van der Waals surface area contributed by atoms with E-state index >= 15 is 0 Å². The van der Waals surface area contributed by atoms with Crippen molar-refractivity contribution in [1.29, 1.82) is 0 Å². The number of carbonyl (C=O) groups excluding carboxylic acids is 1. The number of amides is 1. The molecule has 1 atom stereocenters. The summed E-state index contributed by atoms with van der Waals surface area (Å²) in [5.74, 6) is 0. The molecule has 1 heterocycles. The number of aromatic nitrogens is 2. The van der Waals surface area contributed by atoms with Crippen molar-refractivity contribution in [3.8, 4) is 0 Å². The van der Waals surface area contributed by atoms with Gasteiger partial charge in [0.05, 0.1) is 24.9 Å². The zero-order chi connectivity index (χ0) is 17.9.